The molecule has 148 valence electrons. The Bertz CT molecular complexity index is 582. The van der Waals surface area contributed by atoms with E-state index in [0.29, 0.717) is 12.0 Å². The highest BCUT2D eigenvalue weighted by molar-refractivity contribution is 5.92. The van der Waals surface area contributed by atoms with E-state index in [-0.39, 0.29) is 24.9 Å². The van der Waals surface area contributed by atoms with Gasteiger partial charge in [0.25, 0.3) is 0 Å². The molecule has 10 heteroatoms. The van der Waals surface area contributed by atoms with E-state index in [1.807, 2.05) is 0 Å². The minimum atomic E-state index is -1.26. The fourth-order valence-corrected chi connectivity index (χ4v) is 2.55. The lowest BCUT2D eigenvalue weighted by Crippen LogP contribution is -3.00. The molecule has 1 fully saturated rings. The number of primary amides is 1. The first-order chi connectivity index (χ1) is 11.7. The van der Waals surface area contributed by atoms with Gasteiger partial charge in [-0.2, -0.15) is 0 Å². The second-order valence-corrected chi connectivity index (χ2v) is 6.50. The van der Waals surface area contributed by atoms with Crippen molar-refractivity contribution in [1.82, 2.24) is 4.90 Å². The molecule has 0 bridgehead atoms. The van der Waals surface area contributed by atoms with Crippen LogP contribution >= 0.6 is 0 Å². The number of rotatable bonds is 6. The first-order valence-electron chi connectivity index (χ1n) is 8.10. The van der Waals surface area contributed by atoms with Gasteiger partial charge in [0.05, 0.1) is 0 Å². The predicted octanol–water partition coefficient (Wildman–Crippen LogP) is -4.45. The lowest BCUT2D eigenvalue weighted by Gasteiger charge is -2.28. The molecule has 9 nitrogen and oxygen atoms in total. The second-order valence-electron chi connectivity index (χ2n) is 6.50. The third-order valence-corrected chi connectivity index (χ3v) is 4.25. The number of aliphatic hydroxyl groups excluding tert-OH is 2. The molecule has 1 amide bonds. The summed E-state index contributed by atoms with van der Waals surface area (Å²) in [5, 5.41) is 20.3. The van der Waals surface area contributed by atoms with E-state index in [0.717, 1.165) is 0 Å². The summed E-state index contributed by atoms with van der Waals surface area (Å²) >= 11 is 0. The first kappa shape index (κ1) is 22.4. The number of allylic oxidation sites excluding steroid dienone is 1. The van der Waals surface area contributed by atoms with Crippen molar-refractivity contribution < 1.29 is 41.7 Å². The second kappa shape index (κ2) is 9.33. The number of aliphatic hydroxyl groups is 2. The zero-order valence-electron chi connectivity index (χ0n) is 14.6. The van der Waals surface area contributed by atoms with Gasteiger partial charge in [-0.25, -0.2) is 0 Å². The van der Waals surface area contributed by atoms with Crippen LogP contribution in [0.4, 0.5) is 0 Å². The zero-order chi connectivity index (χ0) is 18.7. The van der Waals surface area contributed by atoms with E-state index in [1.165, 1.54) is 11.1 Å². The maximum absolute atomic E-state index is 11.8. The molecule has 0 aromatic heterocycles. The van der Waals surface area contributed by atoms with Gasteiger partial charge in [-0.15, -0.1) is 0 Å². The maximum Gasteiger partial charge on any atom is 0.323 e. The summed E-state index contributed by atoms with van der Waals surface area (Å²) < 4.78 is 10.7. The Balaban J connectivity index is 0.00000338. The Hall–Kier alpha value is -1.65. The molecule has 1 saturated heterocycles. The summed E-state index contributed by atoms with van der Waals surface area (Å²) in [5.74, 6) is -1.26. The first-order valence-corrected chi connectivity index (χ1v) is 8.10. The average molecular weight is 391 g/mol. The van der Waals surface area contributed by atoms with Gasteiger partial charge in [-0.05, 0) is 12.3 Å². The molecule has 0 radical (unpaired) electrons. The predicted molar refractivity (Wildman–Crippen MR) is 87.3 cm³/mol. The molecule has 0 aromatic carbocycles. The van der Waals surface area contributed by atoms with Crippen molar-refractivity contribution >= 4 is 11.9 Å². The molecule has 2 aliphatic heterocycles. The molecule has 2 aliphatic rings. The lowest BCUT2D eigenvalue weighted by atomic mass is 10.1. The number of hydrogen-bond donors (Lipinski definition) is 4. The highest BCUT2D eigenvalue weighted by Crippen LogP contribution is 2.27. The van der Waals surface area contributed by atoms with E-state index < -0.39 is 42.5 Å². The summed E-state index contributed by atoms with van der Waals surface area (Å²) in [4.78, 5) is 24.6. The third kappa shape index (κ3) is 4.95. The van der Waals surface area contributed by atoms with Crippen LogP contribution in [-0.2, 0) is 19.1 Å². The monoisotopic (exact) mass is 390 g/mol. The summed E-state index contributed by atoms with van der Waals surface area (Å²) in [6.45, 7) is 3.34. The van der Waals surface area contributed by atoms with Crippen molar-refractivity contribution in [2.75, 3.05) is 6.61 Å². The van der Waals surface area contributed by atoms with Crippen LogP contribution in [0.25, 0.3) is 0 Å². The lowest BCUT2D eigenvalue weighted by molar-refractivity contribution is -0.153. The van der Waals surface area contributed by atoms with Crippen LogP contribution in [0.15, 0.2) is 24.0 Å². The molecule has 26 heavy (non-hydrogen) atoms. The molecule has 0 aromatic rings. The van der Waals surface area contributed by atoms with Crippen molar-refractivity contribution in [1.29, 1.82) is 0 Å². The van der Waals surface area contributed by atoms with Crippen molar-refractivity contribution in [2.24, 2.45) is 17.4 Å². The van der Waals surface area contributed by atoms with Crippen LogP contribution in [0.3, 0.4) is 0 Å². The molecular weight excluding hydrogens is 366 g/mol. The third-order valence-electron chi connectivity index (χ3n) is 4.25. The van der Waals surface area contributed by atoms with Crippen LogP contribution in [0.5, 0.6) is 0 Å². The van der Waals surface area contributed by atoms with E-state index in [4.69, 9.17) is 20.9 Å². The normalized spacial score (nSPS) is 29.2. The number of amides is 1. The number of carbonyl (C=O) groups is 2. The number of hydrogen-bond acceptors (Lipinski definition) is 8. The highest BCUT2D eigenvalue weighted by atomic mass is 35.5. The molecule has 6 N–H and O–H groups in total. The van der Waals surface area contributed by atoms with Gasteiger partial charge < -0.3 is 48.5 Å². The van der Waals surface area contributed by atoms with Crippen LogP contribution in [0.1, 0.15) is 20.3 Å². The summed E-state index contributed by atoms with van der Waals surface area (Å²) in [6.07, 6.45) is 0.808. The Kier molecular flexibility index (Phi) is 8.04. The van der Waals surface area contributed by atoms with Crippen molar-refractivity contribution in [3.05, 3.63) is 24.0 Å². The van der Waals surface area contributed by atoms with Gasteiger partial charge in [0.15, 0.2) is 6.23 Å². The molecular formula is C16H25ClN3O6-. The quantitative estimate of drug-likeness (QED) is 0.332. The van der Waals surface area contributed by atoms with Crippen molar-refractivity contribution in [2.45, 2.75) is 50.8 Å². The Morgan fingerprint density at radius 3 is 2.62 bits per heavy atom. The number of halogens is 1. The van der Waals surface area contributed by atoms with Gasteiger partial charge in [-0.3, -0.25) is 9.59 Å². The van der Waals surface area contributed by atoms with Crippen molar-refractivity contribution in [3.63, 3.8) is 0 Å². The summed E-state index contributed by atoms with van der Waals surface area (Å²) in [7, 11) is 0. The van der Waals surface area contributed by atoms with E-state index in [9.17, 15) is 19.8 Å². The highest BCUT2D eigenvalue weighted by Gasteiger charge is 2.45. The van der Waals surface area contributed by atoms with Gasteiger partial charge in [0, 0.05) is 18.0 Å². The van der Waals surface area contributed by atoms with E-state index in [1.54, 1.807) is 26.1 Å². The summed E-state index contributed by atoms with van der Waals surface area (Å²) in [5.41, 5.74) is 11.3. The Labute approximate surface area is 158 Å². The number of nitrogens with zero attached hydrogens (tertiary/aromatic N) is 1. The largest absolute Gasteiger partial charge is 1.00 e. The number of esters is 1. The van der Waals surface area contributed by atoms with Crippen LogP contribution < -0.4 is 23.9 Å². The number of nitrogens with two attached hydrogens (primary N) is 2. The van der Waals surface area contributed by atoms with Gasteiger partial charge in [0.1, 0.15) is 31.0 Å². The van der Waals surface area contributed by atoms with Crippen LogP contribution in [0, 0.1) is 5.92 Å². The maximum atomic E-state index is 11.8. The van der Waals surface area contributed by atoms with Crippen molar-refractivity contribution in [3.8, 4) is 0 Å². The van der Waals surface area contributed by atoms with Gasteiger partial charge in [0.2, 0.25) is 5.91 Å². The zero-order valence-corrected chi connectivity index (χ0v) is 15.4. The number of carbonyl (C=O) groups excluding carboxylic acids is 2. The Morgan fingerprint density at radius 1 is 1.38 bits per heavy atom. The molecule has 2 rings (SSSR count). The molecule has 0 aliphatic carbocycles. The fourth-order valence-electron chi connectivity index (χ4n) is 2.55. The minimum Gasteiger partial charge on any atom is -1.00 e. The van der Waals surface area contributed by atoms with Crippen LogP contribution in [-0.4, -0.2) is 64.2 Å². The van der Waals surface area contributed by atoms with E-state index in [2.05, 4.69) is 0 Å². The fraction of sp³-hybridized carbons (Fsp3) is 0.625. The SMILES string of the molecule is CC(C)[C@H](N)C(=O)OC[C@H]1O[C@@H](N2C=CCC(C(N)=O)=C2)[C@H](O)[C@@H]1O.[Cl-]. The molecule has 0 spiro atoms. The molecule has 5 atom stereocenters. The average Bonchev–Trinajstić information content (AvgIpc) is 2.87. The van der Waals surface area contributed by atoms with Crippen LogP contribution in [0.2, 0.25) is 0 Å². The van der Waals surface area contributed by atoms with Gasteiger partial charge in [-0.1, -0.05) is 19.9 Å². The van der Waals surface area contributed by atoms with Gasteiger partial charge >= 0.3 is 5.97 Å². The minimum absolute atomic E-state index is 0. The standard InChI is InChI=1S/C16H25N3O6.ClH/c1-8(2)11(17)16(23)24-7-10-12(20)13(21)15(25-10)19-5-3-4-9(6-19)14(18)22;/h3,5-6,8,10-13,15,20-21H,4,7,17H2,1-2H3,(H2,18,22);1H/p-1/t10-,11+,12-,13-,15-;/m1./s1. The molecule has 0 saturated carbocycles. The molecule has 2 heterocycles. The molecule has 0 unspecified atom stereocenters. The number of ether oxygens (including phenoxy) is 2. The topological polar surface area (TPSA) is 148 Å². The summed E-state index contributed by atoms with van der Waals surface area (Å²) in [6, 6.07) is -0.773. The smallest absolute Gasteiger partial charge is 0.323 e. The Morgan fingerprint density at radius 2 is 2.04 bits per heavy atom. The van der Waals surface area contributed by atoms with E-state index >= 15 is 0 Å².